The summed E-state index contributed by atoms with van der Waals surface area (Å²) in [5.74, 6) is 1.15. The smallest absolute Gasteiger partial charge is 0.330 e. The highest BCUT2D eigenvalue weighted by molar-refractivity contribution is 5.88. The average molecular weight is 537 g/mol. The van der Waals surface area contributed by atoms with Crippen molar-refractivity contribution < 1.29 is 14.3 Å². The van der Waals surface area contributed by atoms with E-state index in [1.807, 2.05) is 11.0 Å². The third kappa shape index (κ3) is 7.51. The Balaban J connectivity index is 0.00000228. The van der Waals surface area contributed by atoms with Crippen LogP contribution in [0.5, 0.6) is 5.75 Å². The van der Waals surface area contributed by atoms with Crippen LogP contribution in [0.15, 0.2) is 42.7 Å². The number of carbonyl (C=O) groups excluding carboxylic acids is 1. The SMILES string of the molecule is CCOC(=O)/C=C/c1cnccc1N1CCC(COc2ccc3c(c2)CN(C(=N)N)CC3)CC1.Cl.Cl. The van der Waals surface area contributed by atoms with Crippen molar-refractivity contribution in [2.75, 3.05) is 37.7 Å². The average Bonchev–Trinajstić information content (AvgIpc) is 2.86. The summed E-state index contributed by atoms with van der Waals surface area (Å²) in [4.78, 5) is 20.1. The zero-order valence-electron chi connectivity index (χ0n) is 20.5. The van der Waals surface area contributed by atoms with Crippen LogP contribution in [0.1, 0.15) is 36.5 Å². The van der Waals surface area contributed by atoms with Gasteiger partial charge in [-0.3, -0.25) is 10.4 Å². The van der Waals surface area contributed by atoms with Gasteiger partial charge in [0.15, 0.2) is 5.96 Å². The highest BCUT2D eigenvalue weighted by Gasteiger charge is 2.22. The summed E-state index contributed by atoms with van der Waals surface area (Å²) in [5.41, 5.74) is 10.2. The van der Waals surface area contributed by atoms with Gasteiger partial charge in [-0.2, -0.15) is 0 Å². The van der Waals surface area contributed by atoms with Gasteiger partial charge in [0.2, 0.25) is 0 Å². The number of nitrogens with zero attached hydrogens (tertiary/aromatic N) is 3. The molecule has 36 heavy (non-hydrogen) atoms. The van der Waals surface area contributed by atoms with Gasteiger partial charge >= 0.3 is 5.97 Å². The fourth-order valence-corrected chi connectivity index (χ4v) is 4.55. The number of carbonyl (C=O) groups is 1. The van der Waals surface area contributed by atoms with Crippen LogP contribution in [-0.2, 0) is 22.5 Å². The Kier molecular flexibility index (Phi) is 11.3. The third-order valence-corrected chi connectivity index (χ3v) is 6.49. The van der Waals surface area contributed by atoms with Gasteiger partial charge in [-0.15, -0.1) is 24.8 Å². The van der Waals surface area contributed by atoms with E-state index in [1.165, 1.54) is 17.2 Å². The molecule has 0 spiro atoms. The number of aromatic nitrogens is 1. The monoisotopic (exact) mass is 535 g/mol. The first-order valence-electron chi connectivity index (χ1n) is 11.9. The van der Waals surface area contributed by atoms with Crippen molar-refractivity contribution in [3.8, 4) is 5.75 Å². The number of hydrogen-bond acceptors (Lipinski definition) is 6. The first kappa shape index (κ1) is 29.3. The molecule has 2 aliphatic rings. The van der Waals surface area contributed by atoms with E-state index in [2.05, 4.69) is 28.1 Å². The van der Waals surface area contributed by atoms with Gasteiger partial charge in [-0.05, 0) is 67.5 Å². The predicted octanol–water partition coefficient (Wildman–Crippen LogP) is 4.05. The molecule has 196 valence electrons. The minimum atomic E-state index is -0.343. The zero-order valence-corrected chi connectivity index (χ0v) is 22.2. The largest absolute Gasteiger partial charge is 0.493 e. The molecule has 1 saturated heterocycles. The number of nitrogens with two attached hydrogens (primary N) is 1. The fourth-order valence-electron chi connectivity index (χ4n) is 4.55. The Hall–Kier alpha value is -2.97. The van der Waals surface area contributed by atoms with Crippen molar-refractivity contribution in [1.82, 2.24) is 9.88 Å². The molecule has 1 aromatic carbocycles. The van der Waals surface area contributed by atoms with Crippen molar-refractivity contribution in [2.24, 2.45) is 11.7 Å². The number of guanidine groups is 1. The van der Waals surface area contributed by atoms with Crippen LogP contribution in [0.2, 0.25) is 0 Å². The maximum atomic E-state index is 11.7. The van der Waals surface area contributed by atoms with Gasteiger partial charge in [0, 0.05) is 55.9 Å². The molecule has 0 atom stereocenters. The Morgan fingerprint density at radius 2 is 1.97 bits per heavy atom. The van der Waals surface area contributed by atoms with Gasteiger partial charge in [-0.1, -0.05) is 6.07 Å². The number of hydrogen-bond donors (Lipinski definition) is 2. The first-order chi connectivity index (χ1) is 16.5. The fraction of sp³-hybridized carbons (Fsp3) is 0.423. The molecule has 0 bridgehead atoms. The third-order valence-electron chi connectivity index (χ3n) is 6.49. The molecule has 0 unspecified atom stereocenters. The lowest BCUT2D eigenvalue weighted by Crippen LogP contribution is -2.40. The molecule has 0 amide bonds. The normalized spacial score (nSPS) is 15.5. The quantitative estimate of drug-likeness (QED) is 0.238. The van der Waals surface area contributed by atoms with E-state index < -0.39 is 0 Å². The van der Waals surface area contributed by atoms with E-state index in [9.17, 15) is 4.79 Å². The van der Waals surface area contributed by atoms with E-state index in [-0.39, 0.29) is 36.7 Å². The van der Waals surface area contributed by atoms with Crippen LogP contribution >= 0.6 is 24.8 Å². The summed E-state index contributed by atoms with van der Waals surface area (Å²) in [6.45, 7) is 6.16. The predicted molar refractivity (Wildman–Crippen MR) is 147 cm³/mol. The molecular formula is C26H35Cl2N5O3. The van der Waals surface area contributed by atoms with Crippen molar-refractivity contribution in [3.63, 3.8) is 0 Å². The molecule has 1 fully saturated rings. The lowest BCUT2D eigenvalue weighted by molar-refractivity contribution is -0.137. The standard InChI is InChI=1S/C26H33N5O3.2ClH/c1-2-33-25(32)6-4-21-16-29-11-7-24(21)30-12-8-19(9-13-30)18-34-23-5-3-20-10-14-31(26(27)28)17-22(20)15-23;;/h3-7,11,15-16,19H,2,8-10,12-14,17-18H2,1H3,(H3,27,28);2*1H/b6-4+;;. The van der Waals surface area contributed by atoms with Gasteiger partial charge in [0.25, 0.3) is 0 Å². The van der Waals surface area contributed by atoms with Crippen LogP contribution in [0.3, 0.4) is 0 Å². The van der Waals surface area contributed by atoms with Crippen LogP contribution in [-0.4, -0.2) is 54.7 Å². The number of fused-ring (bicyclic) bond motifs is 1. The van der Waals surface area contributed by atoms with Crippen molar-refractivity contribution in [2.45, 2.75) is 32.7 Å². The summed E-state index contributed by atoms with van der Waals surface area (Å²) in [7, 11) is 0. The highest BCUT2D eigenvalue weighted by atomic mass is 35.5. The van der Waals surface area contributed by atoms with Gasteiger partial charge in [-0.25, -0.2) is 4.79 Å². The molecule has 4 rings (SSSR count). The summed E-state index contributed by atoms with van der Waals surface area (Å²) in [6.07, 6.45) is 9.77. The van der Waals surface area contributed by atoms with Crippen molar-refractivity contribution in [3.05, 3.63) is 59.4 Å². The number of anilines is 1. The second kappa shape index (κ2) is 13.9. The number of nitrogens with one attached hydrogen (secondary N) is 1. The molecule has 2 aromatic rings. The minimum Gasteiger partial charge on any atom is -0.493 e. The van der Waals surface area contributed by atoms with Crippen LogP contribution in [0.25, 0.3) is 6.08 Å². The Morgan fingerprint density at radius 1 is 1.19 bits per heavy atom. The second-order valence-corrected chi connectivity index (χ2v) is 8.75. The van der Waals surface area contributed by atoms with E-state index in [4.69, 9.17) is 20.6 Å². The molecule has 8 nitrogen and oxygen atoms in total. The summed E-state index contributed by atoms with van der Waals surface area (Å²) >= 11 is 0. The highest BCUT2D eigenvalue weighted by Crippen LogP contribution is 2.28. The number of piperidine rings is 1. The van der Waals surface area contributed by atoms with E-state index in [1.54, 1.807) is 25.4 Å². The molecular weight excluding hydrogens is 501 g/mol. The Morgan fingerprint density at radius 3 is 2.69 bits per heavy atom. The van der Waals surface area contributed by atoms with Crippen LogP contribution in [0.4, 0.5) is 5.69 Å². The van der Waals surface area contributed by atoms with Gasteiger partial charge in [0.05, 0.1) is 13.2 Å². The maximum Gasteiger partial charge on any atom is 0.330 e. The molecule has 0 aliphatic carbocycles. The maximum absolute atomic E-state index is 11.7. The first-order valence-corrected chi connectivity index (χ1v) is 11.9. The summed E-state index contributed by atoms with van der Waals surface area (Å²) in [6, 6.07) is 8.29. The number of rotatable bonds is 7. The van der Waals surface area contributed by atoms with Gasteiger partial charge in [0.1, 0.15) is 5.75 Å². The molecule has 0 radical (unpaired) electrons. The second-order valence-electron chi connectivity index (χ2n) is 8.75. The lowest BCUT2D eigenvalue weighted by Gasteiger charge is -2.34. The zero-order chi connectivity index (χ0) is 23.9. The van der Waals surface area contributed by atoms with Crippen LogP contribution < -0.4 is 15.4 Å². The Bertz CT molecular complexity index is 1060. The van der Waals surface area contributed by atoms with Crippen molar-refractivity contribution in [1.29, 1.82) is 5.41 Å². The summed E-state index contributed by atoms with van der Waals surface area (Å²) < 4.78 is 11.1. The summed E-state index contributed by atoms with van der Waals surface area (Å²) in [5, 5.41) is 7.69. The molecule has 3 heterocycles. The molecule has 10 heteroatoms. The lowest BCUT2D eigenvalue weighted by atomic mass is 9.96. The topological polar surface area (TPSA) is 105 Å². The minimum absolute atomic E-state index is 0. The number of benzene rings is 1. The Labute approximate surface area is 225 Å². The molecule has 3 N–H and O–H groups in total. The number of esters is 1. The number of pyridine rings is 1. The molecule has 2 aliphatic heterocycles. The van der Waals surface area contributed by atoms with E-state index in [0.717, 1.165) is 55.9 Å². The van der Waals surface area contributed by atoms with Gasteiger partial charge < -0.3 is 25.0 Å². The van der Waals surface area contributed by atoms with E-state index in [0.29, 0.717) is 25.7 Å². The molecule has 1 aromatic heterocycles. The molecule has 0 saturated carbocycles. The number of halogens is 2. The van der Waals surface area contributed by atoms with Crippen molar-refractivity contribution >= 4 is 48.5 Å². The van der Waals surface area contributed by atoms with E-state index >= 15 is 0 Å². The van der Waals surface area contributed by atoms with Crippen LogP contribution in [0, 0.1) is 11.3 Å². The number of ether oxygens (including phenoxy) is 2.